The number of amides is 1. The maximum absolute atomic E-state index is 12.8. The molecular formula is C22H21NO4S. The van der Waals surface area contributed by atoms with E-state index >= 15 is 0 Å². The lowest BCUT2D eigenvalue weighted by Crippen LogP contribution is -2.25. The molecule has 0 aliphatic carbocycles. The monoisotopic (exact) mass is 395 g/mol. The Labute approximate surface area is 168 Å². The summed E-state index contributed by atoms with van der Waals surface area (Å²) in [6.45, 7) is 1.95. The van der Waals surface area contributed by atoms with Crippen LogP contribution in [0.15, 0.2) is 81.8 Å². The first-order chi connectivity index (χ1) is 13.6. The van der Waals surface area contributed by atoms with Gasteiger partial charge in [-0.1, -0.05) is 60.3 Å². The molecule has 1 aliphatic heterocycles. The van der Waals surface area contributed by atoms with E-state index in [1.807, 2.05) is 60.7 Å². The first-order valence-electron chi connectivity index (χ1n) is 8.91. The highest BCUT2D eigenvalue weighted by atomic mass is 32.2. The molecule has 0 unspecified atom stereocenters. The second-order valence-corrected chi connectivity index (χ2v) is 7.11. The van der Waals surface area contributed by atoms with Crippen molar-refractivity contribution in [2.45, 2.75) is 18.2 Å². The number of esters is 1. The number of hydrogen-bond acceptors (Lipinski definition) is 5. The Morgan fingerprint density at radius 2 is 1.71 bits per heavy atom. The van der Waals surface area contributed by atoms with Crippen LogP contribution < -0.4 is 5.32 Å². The van der Waals surface area contributed by atoms with E-state index < -0.39 is 11.9 Å². The SMILES string of the molecule is CCOC(=O)C1=C(OC)C(=O)NC(c2ccccc2)=C(Sc2ccccc2)C1. The summed E-state index contributed by atoms with van der Waals surface area (Å²) >= 11 is 1.50. The molecule has 0 spiro atoms. The zero-order chi connectivity index (χ0) is 19.9. The van der Waals surface area contributed by atoms with Crippen molar-refractivity contribution in [3.05, 3.63) is 82.5 Å². The summed E-state index contributed by atoms with van der Waals surface area (Å²) in [4.78, 5) is 27.2. The number of carbonyl (C=O) groups is 2. The zero-order valence-corrected chi connectivity index (χ0v) is 16.5. The van der Waals surface area contributed by atoms with Crippen LogP contribution >= 0.6 is 11.8 Å². The fraction of sp³-hybridized carbons (Fsp3) is 0.182. The molecule has 2 aromatic carbocycles. The van der Waals surface area contributed by atoms with Gasteiger partial charge in [0.1, 0.15) is 0 Å². The molecular weight excluding hydrogens is 374 g/mol. The number of ether oxygens (including phenoxy) is 2. The molecule has 1 amide bonds. The molecule has 1 aliphatic rings. The molecule has 0 aromatic heterocycles. The lowest BCUT2D eigenvalue weighted by atomic mass is 10.1. The highest BCUT2D eigenvalue weighted by Crippen LogP contribution is 2.38. The van der Waals surface area contributed by atoms with Crippen LogP contribution in [0.2, 0.25) is 0 Å². The topological polar surface area (TPSA) is 64.6 Å². The van der Waals surface area contributed by atoms with E-state index in [1.165, 1.54) is 18.9 Å². The first-order valence-corrected chi connectivity index (χ1v) is 9.72. The maximum atomic E-state index is 12.8. The van der Waals surface area contributed by atoms with Crippen LogP contribution in [-0.4, -0.2) is 25.6 Å². The van der Waals surface area contributed by atoms with Crippen molar-refractivity contribution in [1.82, 2.24) is 5.32 Å². The van der Waals surface area contributed by atoms with Gasteiger partial charge in [0.2, 0.25) is 0 Å². The van der Waals surface area contributed by atoms with Gasteiger partial charge in [-0.2, -0.15) is 0 Å². The fourth-order valence-electron chi connectivity index (χ4n) is 2.86. The van der Waals surface area contributed by atoms with Gasteiger partial charge >= 0.3 is 5.97 Å². The molecule has 2 aromatic rings. The van der Waals surface area contributed by atoms with E-state index in [9.17, 15) is 9.59 Å². The van der Waals surface area contributed by atoms with E-state index in [-0.39, 0.29) is 24.4 Å². The van der Waals surface area contributed by atoms with Crippen LogP contribution in [0, 0.1) is 0 Å². The molecule has 0 radical (unpaired) electrons. The van der Waals surface area contributed by atoms with Gasteiger partial charge in [0, 0.05) is 16.2 Å². The molecule has 144 valence electrons. The molecule has 5 nitrogen and oxygen atoms in total. The minimum absolute atomic E-state index is 0.0180. The summed E-state index contributed by atoms with van der Waals surface area (Å²) in [5.41, 5.74) is 1.73. The van der Waals surface area contributed by atoms with E-state index in [1.54, 1.807) is 6.92 Å². The largest absolute Gasteiger partial charge is 0.491 e. The quantitative estimate of drug-likeness (QED) is 0.745. The van der Waals surface area contributed by atoms with E-state index in [2.05, 4.69) is 5.32 Å². The molecule has 0 fully saturated rings. The summed E-state index contributed by atoms with van der Waals surface area (Å²) in [7, 11) is 1.38. The van der Waals surface area contributed by atoms with E-state index in [4.69, 9.17) is 9.47 Å². The molecule has 1 N–H and O–H groups in total. The normalized spacial score (nSPS) is 14.4. The summed E-state index contributed by atoms with van der Waals surface area (Å²) in [5, 5.41) is 2.92. The van der Waals surface area contributed by atoms with Crippen molar-refractivity contribution in [2.24, 2.45) is 0 Å². The smallest absolute Gasteiger partial charge is 0.338 e. The average Bonchev–Trinajstić information content (AvgIpc) is 2.86. The third-order valence-electron chi connectivity index (χ3n) is 4.11. The Bertz CT molecular complexity index is 920. The molecule has 0 saturated heterocycles. The number of benzene rings is 2. The van der Waals surface area contributed by atoms with Crippen LogP contribution in [-0.2, 0) is 19.1 Å². The lowest BCUT2D eigenvalue weighted by Gasteiger charge is -2.14. The van der Waals surface area contributed by atoms with Crippen molar-refractivity contribution < 1.29 is 19.1 Å². The zero-order valence-electron chi connectivity index (χ0n) is 15.7. The van der Waals surface area contributed by atoms with Gasteiger partial charge in [0.15, 0.2) is 5.76 Å². The lowest BCUT2D eigenvalue weighted by molar-refractivity contribution is -0.139. The van der Waals surface area contributed by atoms with Crippen molar-refractivity contribution in [1.29, 1.82) is 0 Å². The van der Waals surface area contributed by atoms with E-state index in [0.29, 0.717) is 5.70 Å². The minimum atomic E-state index is -0.546. The predicted octanol–water partition coefficient (Wildman–Crippen LogP) is 4.13. The van der Waals surface area contributed by atoms with Gasteiger partial charge in [-0.05, 0) is 24.6 Å². The number of rotatable bonds is 6. The Morgan fingerprint density at radius 1 is 1.07 bits per heavy atom. The molecule has 28 heavy (non-hydrogen) atoms. The van der Waals surface area contributed by atoms with E-state index in [0.717, 1.165) is 15.4 Å². The van der Waals surface area contributed by atoms with Crippen LogP contribution in [0.25, 0.3) is 5.70 Å². The Morgan fingerprint density at radius 3 is 2.32 bits per heavy atom. The van der Waals surface area contributed by atoms with Crippen LogP contribution in [0.3, 0.4) is 0 Å². The molecule has 6 heteroatoms. The van der Waals surface area contributed by atoms with Gasteiger partial charge in [0.05, 0.1) is 25.0 Å². The van der Waals surface area contributed by atoms with Crippen LogP contribution in [0.1, 0.15) is 18.9 Å². The predicted molar refractivity (Wildman–Crippen MR) is 109 cm³/mol. The fourth-order valence-corrected chi connectivity index (χ4v) is 3.93. The summed E-state index contributed by atoms with van der Waals surface area (Å²) in [5.74, 6) is -1.03. The molecule has 1 heterocycles. The second kappa shape index (κ2) is 9.28. The Kier molecular flexibility index (Phi) is 6.55. The number of allylic oxidation sites excluding steroid dienone is 1. The number of methoxy groups -OCH3 is 1. The van der Waals surface area contributed by atoms with Crippen molar-refractivity contribution in [2.75, 3.05) is 13.7 Å². The summed E-state index contributed by atoms with van der Waals surface area (Å²) < 4.78 is 10.4. The van der Waals surface area contributed by atoms with Gasteiger partial charge in [-0.25, -0.2) is 4.79 Å². The Balaban J connectivity index is 2.11. The summed E-state index contributed by atoms with van der Waals surface area (Å²) in [6, 6.07) is 19.4. The number of carbonyl (C=O) groups excluding carboxylic acids is 2. The second-order valence-electron chi connectivity index (χ2n) is 5.94. The van der Waals surface area contributed by atoms with Crippen molar-refractivity contribution in [3.8, 4) is 0 Å². The minimum Gasteiger partial charge on any atom is -0.491 e. The average molecular weight is 395 g/mol. The number of thioether (sulfide) groups is 1. The number of nitrogens with one attached hydrogen (secondary N) is 1. The molecule has 0 atom stereocenters. The van der Waals surface area contributed by atoms with Crippen LogP contribution in [0.5, 0.6) is 0 Å². The maximum Gasteiger partial charge on any atom is 0.338 e. The Hall–Kier alpha value is -2.99. The van der Waals surface area contributed by atoms with Crippen molar-refractivity contribution >= 4 is 29.3 Å². The molecule has 0 saturated carbocycles. The highest BCUT2D eigenvalue weighted by Gasteiger charge is 2.30. The number of hydrogen-bond donors (Lipinski definition) is 1. The van der Waals surface area contributed by atoms with Gasteiger partial charge in [-0.15, -0.1) is 0 Å². The first kappa shape index (κ1) is 19.8. The van der Waals surface area contributed by atoms with Gasteiger partial charge in [0.25, 0.3) is 5.91 Å². The molecule has 3 rings (SSSR count). The third kappa shape index (κ3) is 4.46. The van der Waals surface area contributed by atoms with Crippen molar-refractivity contribution in [3.63, 3.8) is 0 Å². The highest BCUT2D eigenvalue weighted by molar-refractivity contribution is 8.03. The third-order valence-corrected chi connectivity index (χ3v) is 5.21. The molecule has 0 bridgehead atoms. The van der Waals surface area contributed by atoms with Crippen LogP contribution in [0.4, 0.5) is 0 Å². The van der Waals surface area contributed by atoms with Gasteiger partial charge < -0.3 is 14.8 Å². The summed E-state index contributed by atoms with van der Waals surface area (Å²) in [6.07, 6.45) is 0.227. The van der Waals surface area contributed by atoms with Gasteiger partial charge in [-0.3, -0.25) is 4.79 Å². The standard InChI is InChI=1S/C22H21NO4S/c1-3-27-22(25)17-14-18(28-16-12-8-5-9-13-16)19(15-10-6-4-7-11-15)23-21(24)20(17)26-2/h4-13H,3,14H2,1-2H3,(H,23,24).